The zero-order chi connectivity index (χ0) is 17.6. The first-order valence-corrected chi connectivity index (χ1v) is 9.81. The predicted octanol–water partition coefficient (Wildman–Crippen LogP) is 4.61. The Morgan fingerprint density at radius 2 is 1.64 bits per heavy atom. The molecule has 2 amide bonds. The first-order chi connectivity index (χ1) is 12.1. The second-order valence-corrected chi connectivity index (χ2v) is 7.66. The molecule has 2 aliphatic carbocycles. The lowest BCUT2D eigenvalue weighted by Crippen LogP contribution is -2.38. The van der Waals surface area contributed by atoms with Gasteiger partial charge in [0.1, 0.15) is 0 Å². The maximum absolute atomic E-state index is 13.0. The quantitative estimate of drug-likeness (QED) is 0.849. The van der Waals surface area contributed by atoms with E-state index in [1.54, 1.807) is 0 Å². The molecule has 0 aliphatic heterocycles. The van der Waals surface area contributed by atoms with Crippen molar-refractivity contribution in [3.63, 3.8) is 0 Å². The molecule has 0 bridgehead atoms. The summed E-state index contributed by atoms with van der Waals surface area (Å²) in [6.07, 6.45) is 11.2. The fourth-order valence-electron chi connectivity index (χ4n) is 4.28. The van der Waals surface area contributed by atoms with E-state index in [1.807, 2.05) is 36.2 Å². The molecule has 0 spiro atoms. The van der Waals surface area contributed by atoms with Crippen molar-refractivity contribution >= 4 is 17.5 Å². The average Bonchev–Trinajstić information content (AvgIpc) is 3.14. The van der Waals surface area contributed by atoms with Gasteiger partial charge in [0.2, 0.25) is 5.91 Å². The van der Waals surface area contributed by atoms with Gasteiger partial charge in [0.25, 0.3) is 5.91 Å². The Morgan fingerprint density at radius 1 is 1.00 bits per heavy atom. The van der Waals surface area contributed by atoms with Gasteiger partial charge >= 0.3 is 0 Å². The lowest BCUT2D eigenvalue weighted by molar-refractivity contribution is -0.117. The third-order valence-corrected chi connectivity index (χ3v) is 5.82. The summed E-state index contributed by atoms with van der Waals surface area (Å²) in [6, 6.07) is 7.74. The molecule has 25 heavy (non-hydrogen) atoms. The Morgan fingerprint density at radius 3 is 2.36 bits per heavy atom. The Balaban J connectivity index is 1.66. The van der Waals surface area contributed by atoms with Gasteiger partial charge in [0, 0.05) is 19.5 Å². The zero-order valence-electron chi connectivity index (χ0n) is 15.3. The molecule has 1 aromatic rings. The van der Waals surface area contributed by atoms with E-state index in [9.17, 15) is 9.59 Å². The van der Waals surface area contributed by atoms with Gasteiger partial charge in [-0.15, -0.1) is 0 Å². The fourth-order valence-corrected chi connectivity index (χ4v) is 4.28. The number of benzene rings is 1. The zero-order valence-corrected chi connectivity index (χ0v) is 15.3. The van der Waals surface area contributed by atoms with E-state index in [0.29, 0.717) is 29.6 Å². The minimum Gasteiger partial charge on any atom is -0.339 e. The van der Waals surface area contributed by atoms with Crippen LogP contribution in [0.15, 0.2) is 24.3 Å². The standard InChI is InChI=1S/C21H30N2O2/c1-23(17-11-3-2-4-12-17)21(25)18-13-7-8-14-19(18)22-20(24)15-16-9-5-6-10-16/h7-8,13-14,16-17H,2-6,9-12,15H2,1H3,(H,22,24). The van der Waals surface area contributed by atoms with Crippen molar-refractivity contribution in [2.75, 3.05) is 12.4 Å². The second-order valence-electron chi connectivity index (χ2n) is 7.66. The molecule has 2 aliphatic rings. The lowest BCUT2D eigenvalue weighted by Gasteiger charge is -2.31. The highest BCUT2D eigenvalue weighted by atomic mass is 16.2. The summed E-state index contributed by atoms with van der Waals surface area (Å²) < 4.78 is 0. The maximum atomic E-state index is 13.0. The first-order valence-electron chi connectivity index (χ1n) is 9.81. The van der Waals surface area contributed by atoms with Gasteiger partial charge in [0.15, 0.2) is 0 Å². The Hall–Kier alpha value is -1.84. The van der Waals surface area contributed by atoms with Crippen molar-refractivity contribution < 1.29 is 9.59 Å². The van der Waals surface area contributed by atoms with Crippen LogP contribution in [-0.4, -0.2) is 29.8 Å². The van der Waals surface area contributed by atoms with Crippen LogP contribution in [0.4, 0.5) is 5.69 Å². The van der Waals surface area contributed by atoms with Crippen LogP contribution >= 0.6 is 0 Å². The van der Waals surface area contributed by atoms with Crippen LogP contribution < -0.4 is 5.32 Å². The van der Waals surface area contributed by atoms with Crippen LogP contribution in [0.3, 0.4) is 0 Å². The Kier molecular flexibility index (Phi) is 6.11. The molecule has 0 aromatic heterocycles. The average molecular weight is 342 g/mol. The van der Waals surface area contributed by atoms with Crippen LogP contribution in [0.5, 0.6) is 0 Å². The normalized spacial score (nSPS) is 18.9. The highest BCUT2D eigenvalue weighted by Gasteiger charge is 2.25. The van der Waals surface area contributed by atoms with Gasteiger partial charge in [-0.2, -0.15) is 0 Å². The van der Waals surface area contributed by atoms with E-state index >= 15 is 0 Å². The van der Waals surface area contributed by atoms with E-state index < -0.39 is 0 Å². The highest BCUT2D eigenvalue weighted by molar-refractivity contribution is 6.03. The van der Waals surface area contributed by atoms with Gasteiger partial charge in [0.05, 0.1) is 11.3 Å². The monoisotopic (exact) mass is 342 g/mol. The smallest absolute Gasteiger partial charge is 0.255 e. The Bertz CT molecular complexity index is 602. The van der Waals surface area contributed by atoms with E-state index in [0.717, 1.165) is 25.7 Å². The van der Waals surface area contributed by atoms with Crippen molar-refractivity contribution in [3.05, 3.63) is 29.8 Å². The molecule has 1 aromatic carbocycles. The molecule has 2 saturated carbocycles. The van der Waals surface area contributed by atoms with E-state index in [-0.39, 0.29) is 11.8 Å². The molecule has 3 rings (SSSR count). The number of nitrogens with zero attached hydrogens (tertiary/aromatic N) is 1. The van der Waals surface area contributed by atoms with Crippen LogP contribution in [0.1, 0.15) is 74.6 Å². The summed E-state index contributed by atoms with van der Waals surface area (Å²) in [5, 5.41) is 2.99. The SMILES string of the molecule is CN(C(=O)c1ccccc1NC(=O)CC1CCCC1)C1CCCCC1. The number of hydrogen-bond acceptors (Lipinski definition) is 2. The van der Waals surface area contributed by atoms with Crippen molar-refractivity contribution in [1.82, 2.24) is 4.90 Å². The molecule has 0 atom stereocenters. The summed E-state index contributed by atoms with van der Waals surface area (Å²) in [7, 11) is 1.90. The van der Waals surface area contributed by atoms with E-state index in [4.69, 9.17) is 0 Å². The van der Waals surface area contributed by atoms with E-state index in [1.165, 1.54) is 32.1 Å². The predicted molar refractivity (Wildman–Crippen MR) is 101 cm³/mol. The number of para-hydroxylation sites is 1. The van der Waals surface area contributed by atoms with Crippen molar-refractivity contribution in [3.8, 4) is 0 Å². The highest BCUT2D eigenvalue weighted by Crippen LogP contribution is 2.29. The summed E-state index contributed by atoms with van der Waals surface area (Å²) >= 11 is 0. The van der Waals surface area contributed by atoms with Crippen LogP contribution in [0.2, 0.25) is 0 Å². The minimum absolute atomic E-state index is 0.0173. The molecule has 0 unspecified atom stereocenters. The van der Waals surface area contributed by atoms with Crippen molar-refractivity contribution in [2.24, 2.45) is 5.92 Å². The number of carbonyl (C=O) groups is 2. The molecule has 4 nitrogen and oxygen atoms in total. The van der Waals surface area contributed by atoms with Crippen molar-refractivity contribution in [1.29, 1.82) is 0 Å². The topological polar surface area (TPSA) is 49.4 Å². The Labute approximate surface area is 151 Å². The lowest BCUT2D eigenvalue weighted by atomic mass is 9.94. The third-order valence-electron chi connectivity index (χ3n) is 5.82. The number of amides is 2. The molecule has 4 heteroatoms. The van der Waals surface area contributed by atoms with Crippen LogP contribution in [0, 0.1) is 5.92 Å². The molecule has 1 N–H and O–H groups in total. The molecular formula is C21H30N2O2. The van der Waals surface area contributed by atoms with E-state index in [2.05, 4.69) is 5.32 Å². The van der Waals surface area contributed by atoms with Gasteiger partial charge in [-0.25, -0.2) is 0 Å². The summed E-state index contributed by atoms with van der Waals surface area (Å²) in [5.41, 5.74) is 1.26. The molecule has 0 saturated heterocycles. The molecule has 136 valence electrons. The molecule has 0 heterocycles. The van der Waals surface area contributed by atoms with Crippen LogP contribution in [-0.2, 0) is 4.79 Å². The number of nitrogens with one attached hydrogen (secondary N) is 1. The molecule has 0 radical (unpaired) electrons. The first kappa shape index (κ1) is 18.0. The van der Waals surface area contributed by atoms with Gasteiger partial charge in [-0.3, -0.25) is 9.59 Å². The summed E-state index contributed by atoms with van der Waals surface area (Å²) in [6.45, 7) is 0. The number of hydrogen-bond donors (Lipinski definition) is 1. The van der Waals surface area contributed by atoms with Gasteiger partial charge in [-0.05, 0) is 43.7 Å². The minimum atomic E-state index is 0.0173. The number of carbonyl (C=O) groups excluding carboxylic acids is 2. The fraction of sp³-hybridized carbons (Fsp3) is 0.619. The van der Waals surface area contributed by atoms with Crippen molar-refractivity contribution in [2.45, 2.75) is 70.3 Å². The number of rotatable bonds is 5. The van der Waals surface area contributed by atoms with Crippen LogP contribution in [0.25, 0.3) is 0 Å². The molecule has 2 fully saturated rings. The maximum Gasteiger partial charge on any atom is 0.255 e. The molecular weight excluding hydrogens is 312 g/mol. The second kappa shape index (κ2) is 8.50. The number of anilines is 1. The van der Waals surface area contributed by atoms with Gasteiger partial charge in [-0.1, -0.05) is 44.2 Å². The summed E-state index contributed by atoms with van der Waals surface area (Å²) in [4.78, 5) is 27.2. The summed E-state index contributed by atoms with van der Waals surface area (Å²) in [5.74, 6) is 0.559. The largest absolute Gasteiger partial charge is 0.339 e. The third kappa shape index (κ3) is 4.62. The van der Waals surface area contributed by atoms with Gasteiger partial charge < -0.3 is 10.2 Å².